The summed E-state index contributed by atoms with van der Waals surface area (Å²) in [7, 11) is -0.503. The Hall–Kier alpha value is -2.48. The highest BCUT2D eigenvalue weighted by Crippen LogP contribution is 2.32. The molecule has 0 aromatic heterocycles. The van der Waals surface area contributed by atoms with Crippen molar-refractivity contribution in [3.63, 3.8) is 0 Å². The SMILES string of the molecule is CN(C)C(=O)c1ccc(NS(C)(=O)=O)c(-c2ccc(F)cc2F)c1. The van der Waals surface area contributed by atoms with Gasteiger partial charge in [0.15, 0.2) is 0 Å². The van der Waals surface area contributed by atoms with Crippen LogP contribution in [0.4, 0.5) is 14.5 Å². The van der Waals surface area contributed by atoms with E-state index in [1.807, 2.05) is 0 Å². The van der Waals surface area contributed by atoms with E-state index in [-0.39, 0.29) is 28.3 Å². The normalized spacial score (nSPS) is 11.2. The summed E-state index contributed by atoms with van der Waals surface area (Å²) in [5.41, 5.74) is 0.470. The largest absolute Gasteiger partial charge is 0.345 e. The third-order valence-corrected chi connectivity index (χ3v) is 3.78. The second kappa shape index (κ2) is 6.56. The first-order valence-corrected chi connectivity index (χ1v) is 8.76. The van der Waals surface area contributed by atoms with Gasteiger partial charge in [0.1, 0.15) is 11.6 Å². The van der Waals surface area contributed by atoms with Crippen molar-refractivity contribution < 1.29 is 22.0 Å². The molecule has 0 saturated heterocycles. The number of halogens is 2. The van der Waals surface area contributed by atoms with Crippen molar-refractivity contribution in [2.45, 2.75) is 0 Å². The van der Waals surface area contributed by atoms with Crippen molar-refractivity contribution in [3.8, 4) is 11.1 Å². The predicted octanol–water partition coefficient (Wildman–Crippen LogP) is 2.71. The average Bonchev–Trinajstić information content (AvgIpc) is 2.45. The summed E-state index contributed by atoms with van der Waals surface area (Å²) in [5, 5.41) is 0. The lowest BCUT2D eigenvalue weighted by molar-refractivity contribution is 0.0827. The smallest absolute Gasteiger partial charge is 0.253 e. The van der Waals surface area contributed by atoms with E-state index in [0.29, 0.717) is 6.07 Å². The number of carbonyl (C=O) groups excluding carboxylic acids is 1. The van der Waals surface area contributed by atoms with Crippen LogP contribution >= 0.6 is 0 Å². The number of anilines is 1. The molecule has 2 rings (SSSR count). The van der Waals surface area contributed by atoms with Crippen LogP contribution in [-0.2, 0) is 10.0 Å². The minimum absolute atomic E-state index is 0.0176. The van der Waals surface area contributed by atoms with Gasteiger partial charge in [0.05, 0.1) is 11.9 Å². The molecule has 0 heterocycles. The Bertz CT molecular complexity index is 896. The molecule has 0 bridgehead atoms. The highest BCUT2D eigenvalue weighted by Gasteiger charge is 2.17. The van der Waals surface area contributed by atoms with Crippen molar-refractivity contribution in [3.05, 3.63) is 53.6 Å². The average molecular weight is 354 g/mol. The maximum absolute atomic E-state index is 14.1. The standard InChI is InChI=1S/C16H16F2N2O3S/c1-20(2)16(21)10-4-7-15(19-24(3,22)23)13(8-10)12-6-5-11(17)9-14(12)18/h4-9,19H,1-3H3. The molecule has 0 aliphatic heterocycles. The van der Waals surface area contributed by atoms with E-state index in [0.717, 1.165) is 12.3 Å². The summed E-state index contributed by atoms with van der Waals surface area (Å²) in [4.78, 5) is 13.4. The lowest BCUT2D eigenvalue weighted by Gasteiger charge is -2.15. The van der Waals surface area contributed by atoms with E-state index >= 15 is 0 Å². The molecule has 2 aromatic rings. The number of carbonyl (C=O) groups is 1. The van der Waals surface area contributed by atoms with Crippen LogP contribution in [0.2, 0.25) is 0 Å². The Morgan fingerprint density at radius 2 is 1.71 bits per heavy atom. The Morgan fingerprint density at radius 1 is 1.04 bits per heavy atom. The van der Waals surface area contributed by atoms with E-state index in [2.05, 4.69) is 4.72 Å². The number of amides is 1. The fourth-order valence-electron chi connectivity index (χ4n) is 2.15. The van der Waals surface area contributed by atoms with E-state index in [9.17, 15) is 22.0 Å². The fraction of sp³-hybridized carbons (Fsp3) is 0.188. The molecule has 0 spiro atoms. The van der Waals surface area contributed by atoms with E-state index in [1.54, 1.807) is 14.1 Å². The van der Waals surface area contributed by atoms with Gasteiger partial charge in [-0.05, 0) is 30.3 Å². The van der Waals surface area contributed by atoms with Crippen LogP contribution in [0.3, 0.4) is 0 Å². The van der Waals surface area contributed by atoms with Crippen molar-refractivity contribution in [2.24, 2.45) is 0 Å². The first-order valence-electron chi connectivity index (χ1n) is 6.87. The van der Waals surface area contributed by atoms with Crippen LogP contribution < -0.4 is 4.72 Å². The number of nitrogens with one attached hydrogen (secondary N) is 1. The van der Waals surface area contributed by atoms with Gasteiger partial charge in [-0.2, -0.15) is 0 Å². The summed E-state index contributed by atoms with van der Waals surface area (Å²) in [5.74, 6) is -1.94. The van der Waals surface area contributed by atoms with Crippen LogP contribution in [-0.4, -0.2) is 39.6 Å². The number of hydrogen-bond acceptors (Lipinski definition) is 3. The Balaban J connectivity index is 2.67. The molecule has 0 fully saturated rings. The first-order chi connectivity index (χ1) is 11.1. The Morgan fingerprint density at radius 3 is 2.25 bits per heavy atom. The molecule has 0 aliphatic carbocycles. The van der Waals surface area contributed by atoms with E-state index in [4.69, 9.17) is 0 Å². The van der Waals surface area contributed by atoms with Crippen LogP contribution in [0.25, 0.3) is 11.1 Å². The molecule has 5 nitrogen and oxygen atoms in total. The van der Waals surface area contributed by atoms with Gasteiger partial charge in [0.25, 0.3) is 5.91 Å². The van der Waals surface area contributed by atoms with Crippen LogP contribution in [0.15, 0.2) is 36.4 Å². The summed E-state index contributed by atoms with van der Waals surface area (Å²) in [6.45, 7) is 0. The van der Waals surface area contributed by atoms with Crippen LogP contribution in [0, 0.1) is 11.6 Å². The van der Waals surface area contributed by atoms with Gasteiger partial charge in [-0.1, -0.05) is 0 Å². The maximum atomic E-state index is 14.1. The minimum atomic E-state index is -3.62. The number of sulfonamides is 1. The van der Waals surface area contributed by atoms with E-state index < -0.39 is 21.7 Å². The molecule has 0 atom stereocenters. The third kappa shape index (κ3) is 4.08. The monoisotopic (exact) mass is 354 g/mol. The molecule has 8 heteroatoms. The highest BCUT2D eigenvalue weighted by molar-refractivity contribution is 7.92. The molecule has 1 N–H and O–H groups in total. The molecule has 0 saturated carbocycles. The fourth-order valence-corrected chi connectivity index (χ4v) is 2.73. The quantitative estimate of drug-likeness (QED) is 0.918. The number of hydrogen-bond donors (Lipinski definition) is 1. The first kappa shape index (κ1) is 17.9. The Kier molecular flexibility index (Phi) is 4.88. The molecule has 0 unspecified atom stereocenters. The van der Waals surface area contributed by atoms with Crippen molar-refractivity contribution >= 4 is 21.6 Å². The van der Waals surface area contributed by atoms with Gasteiger partial charge in [-0.3, -0.25) is 9.52 Å². The minimum Gasteiger partial charge on any atom is -0.345 e. The molecule has 128 valence electrons. The van der Waals surface area contributed by atoms with Crippen LogP contribution in [0.5, 0.6) is 0 Å². The predicted molar refractivity (Wildman–Crippen MR) is 88.3 cm³/mol. The lowest BCUT2D eigenvalue weighted by Crippen LogP contribution is -2.21. The summed E-state index contributed by atoms with van der Waals surface area (Å²) in [6, 6.07) is 7.11. The highest BCUT2D eigenvalue weighted by atomic mass is 32.2. The molecule has 0 radical (unpaired) electrons. The Labute approximate surface area is 139 Å². The van der Waals surface area contributed by atoms with Gasteiger partial charge in [-0.25, -0.2) is 17.2 Å². The van der Waals surface area contributed by atoms with Crippen molar-refractivity contribution in [1.29, 1.82) is 0 Å². The number of rotatable bonds is 4. The molecule has 2 aromatic carbocycles. The number of nitrogens with zero attached hydrogens (tertiary/aromatic N) is 1. The number of benzene rings is 2. The summed E-state index contributed by atoms with van der Waals surface area (Å²) in [6.07, 6.45) is 0.955. The van der Waals surface area contributed by atoms with Crippen LogP contribution in [0.1, 0.15) is 10.4 Å². The van der Waals surface area contributed by atoms with E-state index in [1.165, 1.54) is 29.2 Å². The second-order valence-corrected chi connectivity index (χ2v) is 7.21. The maximum Gasteiger partial charge on any atom is 0.253 e. The van der Waals surface area contributed by atoms with Gasteiger partial charge in [0, 0.05) is 36.9 Å². The summed E-state index contributed by atoms with van der Waals surface area (Å²) >= 11 is 0. The van der Waals surface area contributed by atoms with Crippen molar-refractivity contribution in [1.82, 2.24) is 4.90 Å². The molecule has 0 aliphatic rings. The summed E-state index contributed by atoms with van der Waals surface area (Å²) < 4.78 is 52.6. The second-order valence-electron chi connectivity index (χ2n) is 5.46. The van der Waals surface area contributed by atoms with Crippen molar-refractivity contribution in [2.75, 3.05) is 25.1 Å². The topological polar surface area (TPSA) is 66.5 Å². The zero-order chi connectivity index (χ0) is 18.1. The molecular weight excluding hydrogens is 338 g/mol. The van der Waals surface area contributed by atoms with Gasteiger partial charge < -0.3 is 4.90 Å². The van der Waals surface area contributed by atoms with Gasteiger partial charge >= 0.3 is 0 Å². The zero-order valence-electron chi connectivity index (χ0n) is 13.3. The molecule has 1 amide bonds. The van der Waals surface area contributed by atoms with Gasteiger partial charge in [0.2, 0.25) is 10.0 Å². The third-order valence-electron chi connectivity index (χ3n) is 3.19. The van der Waals surface area contributed by atoms with Gasteiger partial charge in [-0.15, -0.1) is 0 Å². The zero-order valence-corrected chi connectivity index (χ0v) is 14.1. The molecule has 24 heavy (non-hydrogen) atoms. The molecular formula is C16H16F2N2O3S. The lowest BCUT2D eigenvalue weighted by atomic mass is 10.00.